The van der Waals surface area contributed by atoms with E-state index in [4.69, 9.17) is 11.6 Å². The highest BCUT2D eigenvalue weighted by Gasteiger charge is 2.37. The molecule has 0 aromatic heterocycles. The Morgan fingerprint density at radius 2 is 2.14 bits per heavy atom. The third-order valence-corrected chi connectivity index (χ3v) is 3.12. The Hall–Kier alpha value is -1.02. The molecule has 1 saturated carbocycles. The molecule has 0 saturated heterocycles. The average molecular weight is 208 g/mol. The molecule has 0 spiro atoms. The van der Waals surface area contributed by atoms with Gasteiger partial charge in [-0.3, -0.25) is 4.79 Å². The Labute approximate surface area is 87.5 Å². The van der Waals surface area contributed by atoms with Gasteiger partial charge < -0.3 is 4.90 Å². The Morgan fingerprint density at radius 1 is 1.36 bits per heavy atom. The van der Waals surface area contributed by atoms with Gasteiger partial charge in [0, 0.05) is 23.2 Å². The van der Waals surface area contributed by atoms with Crippen molar-refractivity contribution in [3.63, 3.8) is 0 Å². The maximum absolute atomic E-state index is 11.9. The molecule has 0 atom stereocenters. The normalized spacial score (nSPS) is 20.1. The van der Waals surface area contributed by atoms with Crippen molar-refractivity contribution in [2.75, 3.05) is 0 Å². The van der Waals surface area contributed by atoms with Crippen molar-refractivity contribution in [1.82, 2.24) is 4.90 Å². The maximum Gasteiger partial charge on any atom is 0.254 e. The second-order valence-electron chi connectivity index (χ2n) is 3.97. The minimum Gasteiger partial charge on any atom is -0.331 e. The third kappa shape index (κ3) is 1.14. The van der Waals surface area contributed by atoms with Gasteiger partial charge in [-0.15, -0.1) is 0 Å². The molecule has 1 heterocycles. The summed E-state index contributed by atoms with van der Waals surface area (Å²) in [5, 5.41) is 0.717. The van der Waals surface area contributed by atoms with E-state index in [-0.39, 0.29) is 5.91 Å². The van der Waals surface area contributed by atoms with Gasteiger partial charge >= 0.3 is 0 Å². The number of amides is 1. The number of rotatable bonds is 1. The lowest BCUT2D eigenvalue weighted by atomic mass is 10.1. The van der Waals surface area contributed by atoms with E-state index in [1.807, 2.05) is 17.0 Å². The van der Waals surface area contributed by atoms with Crippen molar-refractivity contribution >= 4 is 17.5 Å². The van der Waals surface area contributed by atoms with E-state index in [0.29, 0.717) is 11.1 Å². The van der Waals surface area contributed by atoms with Crippen LogP contribution < -0.4 is 0 Å². The summed E-state index contributed by atoms with van der Waals surface area (Å²) in [7, 11) is 0. The summed E-state index contributed by atoms with van der Waals surface area (Å²) in [6.45, 7) is 0.749. The molecule has 1 aromatic rings. The second-order valence-corrected chi connectivity index (χ2v) is 4.40. The number of hydrogen-bond donors (Lipinski definition) is 0. The maximum atomic E-state index is 11.9. The number of carbonyl (C=O) groups excluding carboxylic acids is 1. The lowest BCUT2D eigenvalue weighted by molar-refractivity contribution is 0.0766. The van der Waals surface area contributed by atoms with E-state index in [2.05, 4.69) is 0 Å². The van der Waals surface area contributed by atoms with Gasteiger partial charge in [-0.25, -0.2) is 0 Å². The Balaban J connectivity index is 2.01. The average Bonchev–Trinajstić information content (AvgIpc) is 2.93. The van der Waals surface area contributed by atoms with Crippen molar-refractivity contribution in [3.8, 4) is 0 Å². The van der Waals surface area contributed by atoms with E-state index in [0.717, 1.165) is 30.5 Å². The largest absolute Gasteiger partial charge is 0.331 e. The summed E-state index contributed by atoms with van der Waals surface area (Å²) in [4.78, 5) is 13.8. The van der Waals surface area contributed by atoms with Crippen LogP contribution in [-0.4, -0.2) is 16.8 Å². The molecule has 1 aromatic carbocycles. The van der Waals surface area contributed by atoms with Crippen LogP contribution in [0.1, 0.15) is 28.8 Å². The first-order chi connectivity index (χ1) is 6.75. The molecule has 1 fully saturated rings. The van der Waals surface area contributed by atoms with Crippen LogP contribution in [-0.2, 0) is 6.54 Å². The lowest BCUT2D eigenvalue weighted by Gasteiger charge is -2.13. The number of halogens is 1. The SMILES string of the molecule is O=C1c2ccc(Cl)cc2CN1C1CC1. The van der Waals surface area contributed by atoms with Gasteiger partial charge in [-0.2, -0.15) is 0 Å². The number of fused-ring (bicyclic) bond motifs is 1. The van der Waals surface area contributed by atoms with Gasteiger partial charge in [0.2, 0.25) is 0 Å². The molecule has 2 nitrogen and oxygen atoms in total. The van der Waals surface area contributed by atoms with Crippen LogP contribution in [0.3, 0.4) is 0 Å². The van der Waals surface area contributed by atoms with Gasteiger partial charge in [0.25, 0.3) is 5.91 Å². The van der Waals surface area contributed by atoms with Crippen molar-refractivity contribution in [2.24, 2.45) is 0 Å². The first kappa shape index (κ1) is 8.30. The lowest BCUT2D eigenvalue weighted by Crippen LogP contribution is -2.25. The predicted octanol–water partition coefficient (Wildman–Crippen LogP) is 2.46. The topological polar surface area (TPSA) is 20.3 Å². The van der Waals surface area contributed by atoms with Crippen LogP contribution in [0.5, 0.6) is 0 Å². The molecule has 14 heavy (non-hydrogen) atoms. The molecule has 0 radical (unpaired) electrons. The molecule has 0 bridgehead atoms. The molecule has 2 aliphatic rings. The fraction of sp³-hybridized carbons (Fsp3) is 0.364. The third-order valence-electron chi connectivity index (χ3n) is 2.89. The first-order valence-electron chi connectivity index (χ1n) is 4.85. The molecule has 1 amide bonds. The van der Waals surface area contributed by atoms with E-state index in [1.54, 1.807) is 6.07 Å². The first-order valence-corrected chi connectivity index (χ1v) is 5.23. The van der Waals surface area contributed by atoms with Crippen LogP contribution in [0.2, 0.25) is 5.02 Å². The van der Waals surface area contributed by atoms with Crippen molar-refractivity contribution < 1.29 is 4.79 Å². The van der Waals surface area contributed by atoms with Gasteiger partial charge in [0.1, 0.15) is 0 Å². The predicted molar refractivity (Wildman–Crippen MR) is 54.3 cm³/mol. The van der Waals surface area contributed by atoms with Crippen molar-refractivity contribution in [2.45, 2.75) is 25.4 Å². The molecular weight excluding hydrogens is 198 g/mol. The summed E-state index contributed by atoms with van der Waals surface area (Å²) in [6, 6.07) is 6.02. The van der Waals surface area contributed by atoms with Crippen molar-refractivity contribution in [3.05, 3.63) is 34.3 Å². The van der Waals surface area contributed by atoms with Gasteiger partial charge in [-0.1, -0.05) is 11.6 Å². The highest BCUT2D eigenvalue weighted by atomic mass is 35.5. The summed E-state index contributed by atoms with van der Waals surface area (Å²) >= 11 is 5.88. The summed E-state index contributed by atoms with van der Waals surface area (Å²) < 4.78 is 0. The molecule has 0 unspecified atom stereocenters. The summed E-state index contributed by atoms with van der Waals surface area (Å²) in [5.41, 5.74) is 1.91. The Morgan fingerprint density at radius 3 is 2.86 bits per heavy atom. The van der Waals surface area contributed by atoms with E-state index in [9.17, 15) is 4.79 Å². The number of hydrogen-bond acceptors (Lipinski definition) is 1. The van der Waals surface area contributed by atoms with E-state index in [1.165, 1.54) is 0 Å². The number of benzene rings is 1. The smallest absolute Gasteiger partial charge is 0.254 e. The molecule has 72 valence electrons. The summed E-state index contributed by atoms with van der Waals surface area (Å²) in [5.74, 6) is 0.180. The van der Waals surface area contributed by atoms with Crippen LogP contribution in [0, 0.1) is 0 Å². The van der Waals surface area contributed by atoms with Gasteiger partial charge in [0.15, 0.2) is 0 Å². The fourth-order valence-corrected chi connectivity index (χ4v) is 2.19. The van der Waals surface area contributed by atoms with Gasteiger partial charge in [0.05, 0.1) is 0 Å². The van der Waals surface area contributed by atoms with Crippen LogP contribution >= 0.6 is 11.6 Å². The fourth-order valence-electron chi connectivity index (χ4n) is 1.99. The number of carbonyl (C=O) groups is 1. The quantitative estimate of drug-likeness (QED) is 0.693. The van der Waals surface area contributed by atoms with Gasteiger partial charge in [-0.05, 0) is 36.6 Å². The van der Waals surface area contributed by atoms with Crippen LogP contribution in [0.15, 0.2) is 18.2 Å². The highest BCUT2D eigenvalue weighted by molar-refractivity contribution is 6.30. The molecule has 0 N–H and O–H groups in total. The zero-order valence-electron chi connectivity index (χ0n) is 7.66. The molecule has 1 aliphatic carbocycles. The zero-order chi connectivity index (χ0) is 9.71. The van der Waals surface area contributed by atoms with Crippen LogP contribution in [0.25, 0.3) is 0 Å². The molecule has 3 rings (SSSR count). The minimum atomic E-state index is 0.180. The highest BCUT2D eigenvalue weighted by Crippen LogP contribution is 2.35. The monoisotopic (exact) mass is 207 g/mol. The Kier molecular flexibility index (Phi) is 1.62. The number of nitrogens with zero attached hydrogens (tertiary/aromatic N) is 1. The van der Waals surface area contributed by atoms with E-state index < -0.39 is 0 Å². The minimum absolute atomic E-state index is 0.180. The molecule has 3 heteroatoms. The standard InChI is InChI=1S/C11H10ClNO/c12-8-1-4-10-7(5-8)6-13(11(10)14)9-2-3-9/h1,4-5,9H,2-3,6H2. The summed E-state index contributed by atoms with van der Waals surface area (Å²) in [6.07, 6.45) is 2.32. The zero-order valence-corrected chi connectivity index (χ0v) is 8.42. The van der Waals surface area contributed by atoms with Crippen molar-refractivity contribution in [1.29, 1.82) is 0 Å². The molecular formula is C11H10ClNO. The van der Waals surface area contributed by atoms with E-state index >= 15 is 0 Å². The molecule has 1 aliphatic heterocycles. The van der Waals surface area contributed by atoms with Crippen LogP contribution in [0.4, 0.5) is 0 Å². The Bertz CT molecular complexity index is 412. The second kappa shape index (κ2) is 2.74.